The van der Waals surface area contributed by atoms with Gasteiger partial charge in [0.1, 0.15) is 6.61 Å². The van der Waals surface area contributed by atoms with Crippen LogP contribution in [-0.4, -0.2) is 19.7 Å². The molecule has 1 heterocycles. The second kappa shape index (κ2) is 7.72. The summed E-state index contributed by atoms with van der Waals surface area (Å²) < 4.78 is 23.4. The third kappa shape index (κ3) is 3.31. The number of hydrogen-bond donors (Lipinski definition) is 0. The minimum Gasteiger partial charge on any atom is -0.485 e. The first-order valence-corrected chi connectivity index (χ1v) is 9.17. The molecule has 0 saturated carbocycles. The zero-order chi connectivity index (χ0) is 20.3. The van der Waals surface area contributed by atoms with Gasteiger partial charge in [0.2, 0.25) is 5.75 Å². The molecule has 1 aliphatic rings. The number of esters is 1. The van der Waals surface area contributed by atoms with Crippen LogP contribution in [0.1, 0.15) is 21.5 Å². The van der Waals surface area contributed by atoms with Crippen LogP contribution >= 0.6 is 0 Å². The van der Waals surface area contributed by atoms with Crippen molar-refractivity contribution in [3.63, 3.8) is 0 Å². The van der Waals surface area contributed by atoms with E-state index in [1.807, 2.05) is 60.7 Å². The van der Waals surface area contributed by atoms with Crippen LogP contribution < -0.4 is 14.2 Å². The molecule has 0 radical (unpaired) electrons. The summed E-state index contributed by atoms with van der Waals surface area (Å²) in [5.41, 5.74) is 1.94. The molecule has 0 spiro atoms. The van der Waals surface area contributed by atoms with Crippen molar-refractivity contribution in [2.24, 2.45) is 0 Å². The number of ether oxygens (including phenoxy) is 4. The topological polar surface area (TPSA) is 54.0 Å². The third-order valence-electron chi connectivity index (χ3n) is 4.61. The first-order chi connectivity index (χ1) is 14.2. The fourth-order valence-corrected chi connectivity index (χ4v) is 3.28. The van der Waals surface area contributed by atoms with Crippen LogP contribution in [0, 0.1) is 0 Å². The van der Waals surface area contributed by atoms with Gasteiger partial charge >= 0.3 is 11.8 Å². The molecule has 0 amide bonds. The van der Waals surface area contributed by atoms with E-state index in [-0.39, 0.29) is 6.61 Å². The molecule has 0 bridgehead atoms. The molecule has 4 rings (SSSR count). The van der Waals surface area contributed by atoms with Crippen molar-refractivity contribution in [2.75, 3.05) is 13.7 Å². The highest BCUT2D eigenvalue weighted by Gasteiger charge is 2.47. The van der Waals surface area contributed by atoms with Gasteiger partial charge in [-0.1, -0.05) is 73.3 Å². The van der Waals surface area contributed by atoms with E-state index in [2.05, 4.69) is 6.58 Å². The molecule has 0 unspecified atom stereocenters. The summed E-state index contributed by atoms with van der Waals surface area (Å²) in [7, 11) is 1.33. The SMILES string of the molecule is C=CCOc1cc(C(=O)OC)cc2c1OC(c1ccccc1)(c1ccccc1)O2. The number of carbonyl (C=O) groups excluding carboxylic acids is 1. The molecule has 3 aromatic carbocycles. The smallest absolute Gasteiger partial charge is 0.338 e. The monoisotopic (exact) mass is 388 g/mol. The number of benzene rings is 3. The van der Waals surface area contributed by atoms with Gasteiger partial charge < -0.3 is 18.9 Å². The first-order valence-electron chi connectivity index (χ1n) is 9.17. The molecule has 5 heteroatoms. The standard InChI is InChI=1S/C24H20O5/c1-3-14-27-20-15-17(23(25)26-2)16-21-22(20)29-24(28-21,18-10-6-4-7-11-18)19-12-8-5-9-13-19/h3-13,15-16H,1,14H2,2H3. The lowest BCUT2D eigenvalue weighted by atomic mass is 9.97. The quantitative estimate of drug-likeness (QED) is 0.452. The van der Waals surface area contributed by atoms with Gasteiger partial charge in [0.25, 0.3) is 0 Å². The number of fused-ring (bicyclic) bond motifs is 1. The highest BCUT2D eigenvalue weighted by molar-refractivity contribution is 5.91. The highest BCUT2D eigenvalue weighted by atomic mass is 16.7. The van der Waals surface area contributed by atoms with Crippen LogP contribution in [0.4, 0.5) is 0 Å². The van der Waals surface area contributed by atoms with E-state index in [0.717, 1.165) is 11.1 Å². The maximum atomic E-state index is 12.1. The van der Waals surface area contributed by atoms with Gasteiger partial charge in [-0.3, -0.25) is 0 Å². The second-order valence-electron chi connectivity index (χ2n) is 6.45. The molecule has 0 aromatic heterocycles. The summed E-state index contributed by atoms with van der Waals surface area (Å²) >= 11 is 0. The van der Waals surface area contributed by atoms with E-state index in [0.29, 0.717) is 22.8 Å². The molecule has 146 valence electrons. The van der Waals surface area contributed by atoms with Gasteiger partial charge in [0.15, 0.2) is 11.5 Å². The summed E-state index contributed by atoms with van der Waals surface area (Å²) in [6.07, 6.45) is 1.62. The summed E-state index contributed by atoms with van der Waals surface area (Å²) in [6.45, 7) is 3.93. The Kier molecular flexibility index (Phi) is 4.96. The molecule has 1 aliphatic heterocycles. The normalized spacial score (nSPS) is 13.6. The Morgan fingerprint density at radius 1 is 1.00 bits per heavy atom. The van der Waals surface area contributed by atoms with Gasteiger partial charge in [-0.05, 0) is 12.1 Å². The predicted molar refractivity (Wildman–Crippen MR) is 108 cm³/mol. The molecule has 0 atom stereocenters. The Balaban J connectivity index is 1.88. The number of rotatable bonds is 6. The first kappa shape index (κ1) is 18.6. The van der Waals surface area contributed by atoms with Crippen LogP contribution in [-0.2, 0) is 10.5 Å². The summed E-state index contributed by atoms with van der Waals surface area (Å²) in [5, 5.41) is 0. The highest BCUT2D eigenvalue weighted by Crippen LogP contribution is 2.52. The number of hydrogen-bond acceptors (Lipinski definition) is 5. The average molecular weight is 388 g/mol. The van der Waals surface area contributed by atoms with E-state index in [4.69, 9.17) is 18.9 Å². The largest absolute Gasteiger partial charge is 0.485 e. The van der Waals surface area contributed by atoms with Crippen LogP contribution in [0.3, 0.4) is 0 Å². The lowest BCUT2D eigenvalue weighted by Crippen LogP contribution is -2.36. The van der Waals surface area contributed by atoms with Crippen molar-refractivity contribution in [2.45, 2.75) is 5.79 Å². The molecule has 0 N–H and O–H groups in total. The van der Waals surface area contributed by atoms with Crippen LogP contribution in [0.5, 0.6) is 17.2 Å². The van der Waals surface area contributed by atoms with E-state index in [1.165, 1.54) is 7.11 Å². The fourth-order valence-electron chi connectivity index (χ4n) is 3.28. The van der Waals surface area contributed by atoms with E-state index in [1.54, 1.807) is 18.2 Å². The van der Waals surface area contributed by atoms with E-state index >= 15 is 0 Å². The minimum atomic E-state index is -1.20. The van der Waals surface area contributed by atoms with Crippen molar-refractivity contribution in [1.29, 1.82) is 0 Å². The fraction of sp³-hybridized carbons (Fsp3) is 0.125. The van der Waals surface area contributed by atoms with Crippen molar-refractivity contribution < 1.29 is 23.7 Å². The van der Waals surface area contributed by atoms with Crippen molar-refractivity contribution >= 4 is 5.97 Å². The lowest BCUT2D eigenvalue weighted by Gasteiger charge is -2.28. The molecule has 5 nitrogen and oxygen atoms in total. The molecular formula is C24H20O5. The van der Waals surface area contributed by atoms with Gasteiger partial charge in [-0.25, -0.2) is 4.79 Å². The zero-order valence-electron chi connectivity index (χ0n) is 16.0. The molecule has 29 heavy (non-hydrogen) atoms. The maximum absolute atomic E-state index is 12.1. The van der Waals surface area contributed by atoms with E-state index in [9.17, 15) is 4.79 Å². The van der Waals surface area contributed by atoms with Gasteiger partial charge in [0.05, 0.1) is 12.7 Å². The molecule has 0 aliphatic carbocycles. The Labute approximate surface area is 169 Å². The zero-order valence-corrected chi connectivity index (χ0v) is 16.0. The Morgan fingerprint density at radius 2 is 1.62 bits per heavy atom. The summed E-state index contributed by atoms with van der Waals surface area (Å²) in [4.78, 5) is 12.1. The lowest BCUT2D eigenvalue weighted by molar-refractivity contribution is -0.0468. The number of carbonyl (C=O) groups is 1. The predicted octanol–water partition coefficient (Wildman–Crippen LogP) is 4.71. The number of methoxy groups -OCH3 is 1. The van der Waals surface area contributed by atoms with E-state index < -0.39 is 11.8 Å². The molecular weight excluding hydrogens is 368 g/mol. The van der Waals surface area contributed by atoms with Crippen molar-refractivity contribution in [3.05, 3.63) is 102 Å². The summed E-state index contributed by atoms with van der Waals surface area (Å²) in [6, 6.07) is 22.5. The maximum Gasteiger partial charge on any atom is 0.338 e. The third-order valence-corrected chi connectivity index (χ3v) is 4.61. The summed E-state index contributed by atoms with van der Waals surface area (Å²) in [5.74, 6) is -0.480. The second-order valence-corrected chi connectivity index (χ2v) is 6.45. The Bertz CT molecular complexity index is 988. The molecule has 0 fully saturated rings. The van der Waals surface area contributed by atoms with Gasteiger partial charge in [-0.2, -0.15) is 0 Å². The van der Waals surface area contributed by atoms with Gasteiger partial charge in [-0.15, -0.1) is 0 Å². The van der Waals surface area contributed by atoms with Crippen molar-refractivity contribution in [1.82, 2.24) is 0 Å². The molecule has 3 aromatic rings. The van der Waals surface area contributed by atoms with Crippen LogP contribution in [0.25, 0.3) is 0 Å². The van der Waals surface area contributed by atoms with Gasteiger partial charge in [0, 0.05) is 11.1 Å². The Morgan fingerprint density at radius 3 is 2.17 bits per heavy atom. The molecule has 0 saturated heterocycles. The minimum absolute atomic E-state index is 0.254. The average Bonchev–Trinajstić information content (AvgIpc) is 3.19. The van der Waals surface area contributed by atoms with Crippen LogP contribution in [0.2, 0.25) is 0 Å². The Hall–Kier alpha value is -3.73. The van der Waals surface area contributed by atoms with Crippen LogP contribution in [0.15, 0.2) is 85.5 Å². The van der Waals surface area contributed by atoms with Crippen molar-refractivity contribution in [3.8, 4) is 17.2 Å².